The van der Waals surface area contributed by atoms with E-state index in [-0.39, 0.29) is 24.2 Å². The van der Waals surface area contributed by atoms with Gasteiger partial charge in [0.1, 0.15) is 17.3 Å². The monoisotopic (exact) mass is 374 g/mol. The summed E-state index contributed by atoms with van der Waals surface area (Å²) in [6.07, 6.45) is 0. The van der Waals surface area contributed by atoms with Gasteiger partial charge in [-0.1, -0.05) is 12.1 Å². The molecule has 2 aromatic rings. The number of rotatable bonds is 8. The zero-order chi connectivity index (χ0) is 19.8. The van der Waals surface area contributed by atoms with Crippen molar-refractivity contribution in [3.05, 3.63) is 59.4 Å². The van der Waals surface area contributed by atoms with Crippen LogP contribution in [-0.2, 0) is 11.3 Å². The van der Waals surface area contributed by atoms with Crippen molar-refractivity contribution in [2.24, 2.45) is 0 Å². The van der Waals surface area contributed by atoms with Gasteiger partial charge in [0, 0.05) is 38.2 Å². The molecule has 0 fully saturated rings. The highest BCUT2D eigenvalue weighted by atomic mass is 19.1. The van der Waals surface area contributed by atoms with E-state index >= 15 is 0 Å². The molecule has 0 aliphatic rings. The first-order valence-corrected chi connectivity index (χ1v) is 8.44. The second kappa shape index (κ2) is 9.56. The molecule has 2 rings (SSSR count). The van der Waals surface area contributed by atoms with Crippen molar-refractivity contribution in [3.8, 4) is 11.5 Å². The lowest BCUT2D eigenvalue weighted by Crippen LogP contribution is -2.37. The fraction of sp³-hybridized carbons (Fsp3) is 0.300. The van der Waals surface area contributed by atoms with Gasteiger partial charge in [-0.25, -0.2) is 4.39 Å². The first-order chi connectivity index (χ1) is 12.9. The van der Waals surface area contributed by atoms with Gasteiger partial charge < -0.3 is 19.7 Å². The summed E-state index contributed by atoms with van der Waals surface area (Å²) in [6.45, 7) is 2.41. The van der Waals surface area contributed by atoms with Crippen molar-refractivity contribution in [3.63, 3.8) is 0 Å². The molecule has 0 aliphatic heterocycles. The van der Waals surface area contributed by atoms with Gasteiger partial charge in [0.2, 0.25) is 5.91 Å². The molecule has 1 N–H and O–H groups in total. The molecule has 144 valence electrons. The van der Waals surface area contributed by atoms with Crippen molar-refractivity contribution in [1.82, 2.24) is 10.2 Å². The van der Waals surface area contributed by atoms with Crippen LogP contribution in [0.1, 0.15) is 22.8 Å². The first kappa shape index (κ1) is 20.2. The molecule has 27 heavy (non-hydrogen) atoms. The summed E-state index contributed by atoms with van der Waals surface area (Å²) in [5.41, 5.74) is 1.22. The lowest BCUT2D eigenvalue weighted by Gasteiger charge is -2.21. The summed E-state index contributed by atoms with van der Waals surface area (Å²) in [5.74, 6) is 0.283. The molecule has 0 aliphatic carbocycles. The number of ether oxygens (including phenoxy) is 2. The van der Waals surface area contributed by atoms with E-state index in [1.54, 1.807) is 35.2 Å². The molecule has 0 saturated heterocycles. The van der Waals surface area contributed by atoms with Crippen molar-refractivity contribution >= 4 is 11.8 Å². The second-order valence-electron chi connectivity index (χ2n) is 5.92. The largest absolute Gasteiger partial charge is 0.497 e. The highest BCUT2D eigenvalue weighted by Crippen LogP contribution is 2.22. The van der Waals surface area contributed by atoms with E-state index in [0.29, 0.717) is 30.2 Å². The van der Waals surface area contributed by atoms with Gasteiger partial charge in [0.25, 0.3) is 5.91 Å². The summed E-state index contributed by atoms with van der Waals surface area (Å²) in [7, 11) is 3.02. The summed E-state index contributed by atoms with van der Waals surface area (Å²) in [5, 5.41) is 2.78. The van der Waals surface area contributed by atoms with Crippen molar-refractivity contribution in [2.75, 3.05) is 27.3 Å². The van der Waals surface area contributed by atoms with Gasteiger partial charge in [-0.15, -0.1) is 0 Å². The number of amides is 2. The Kier molecular flexibility index (Phi) is 7.16. The van der Waals surface area contributed by atoms with Gasteiger partial charge in [0.05, 0.1) is 14.2 Å². The predicted molar refractivity (Wildman–Crippen MR) is 99.4 cm³/mol. The van der Waals surface area contributed by atoms with Crippen LogP contribution in [0.2, 0.25) is 0 Å². The Balaban J connectivity index is 1.95. The maximum absolute atomic E-state index is 13.0. The Hall–Kier alpha value is -3.09. The molecule has 0 heterocycles. The zero-order valence-corrected chi connectivity index (χ0v) is 15.6. The van der Waals surface area contributed by atoms with E-state index in [0.717, 1.165) is 5.56 Å². The van der Waals surface area contributed by atoms with Crippen LogP contribution < -0.4 is 14.8 Å². The zero-order valence-electron chi connectivity index (χ0n) is 15.6. The molecule has 0 spiro atoms. The van der Waals surface area contributed by atoms with Crippen LogP contribution in [0.15, 0.2) is 42.5 Å². The molecule has 0 saturated carbocycles. The lowest BCUT2D eigenvalue weighted by molar-refractivity contribution is -0.129. The topological polar surface area (TPSA) is 67.9 Å². The number of carbonyl (C=O) groups excluding carboxylic acids is 2. The Bertz CT molecular complexity index is 771. The maximum Gasteiger partial charge on any atom is 0.251 e. The van der Waals surface area contributed by atoms with Gasteiger partial charge >= 0.3 is 0 Å². The van der Waals surface area contributed by atoms with Crippen molar-refractivity contribution in [2.45, 2.75) is 13.5 Å². The van der Waals surface area contributed by atoms with Gasteiger partial charge in [-0.3, -0.25) is 9.59 Å². The molecule has 6 nitrogen and oxygen atoms in total. The predicted octanol–water partition coefficient (Wildman–Crippen LogP) is 2.62. The molecular formula is C20H23FN2O4. The van der Waals surface area contributed by atoms with Crippen molar-refractivity contribution in [1.29, 1.82) is 0 Å². The van der Waals surface area contributed by atoms with E-state index in [1.807, 2.05) is 0 Å². The second-order valence-corrected chi connectivity index (χ2v) is 5.92. The van der Waals surface area contributed by atoms with Crippen LogP contribution in [0, 0.1) is 5.82 Å². The summed E-state index contributed by atoms with van der Waals surface area (Å²) >= 11 is 0. The van der Waals surface area contributed by atoms with Crippen molar-refractivity contribution < 1.29 is 23.5 Å². The van der Waals surface area contributed by atoms with E-state index in [2.05, 4.69) is 5.32 Å². The van der Waals surface area contributed by atoms with Crippen LogP contribution in [0.25, 0.3) is 0 Å². The molecule has 7 heteroatoms. The van der Waals surface area contributed by atoms with E-state index in [1.165, 1.54) is 33.3 Å². The quantitative estimate of drug-likeness (QED) is 0.771. The Labute approximate surface area is 157 Å². The fourth-order valence-electron chi connectivity index (χ4n) is 2.50. The van der Waals surface area contributed by atoms with Gasteiger partial charge in [0.15, 0.2) is 0 Å². The SMILES string of the molecule is COc1cc(OC)cc(C(=O)NCCN(Cc2ccc(F)cc2)C(C)=O)c1. The molecule has 0 radical (unpaired) electrons. The third kappa shape index (κ3) is 5.99. The molecule has 2 aromatic carbocycles. The Morgan fingerprint density at radius 2 is 1.63 bits per heavy atom. The summed E-state index contributed by atoms with van der Waals surface area (Å²) in [4.78, 5) is 25.8. The van der Waals surface area contributed by atoms with E-state index in [4.69, 9.17) is 9.47 Å². The number of benzene rings is 2. The standard InChI is InChI=1S/C20H23FN2O4/c1-14(24)23(13-15-4-6-17(21)7-5-15)9-8-22-20(25)16-10-18(26-2)12-19(11-16)27-3/h4-7,10-12H,8-9,13H2,1-3H3,(H,22,25). The number of hydrogen-bond donors (Lipinski definition) is 1. The normalized spacial score (nSPS) is 10.2. The highest BCUT2D eigenvalue weighted by molar-refractivity contribution is 5.95. The average Bonchev–Trinajstić information content (AvgIpc) is 2.67. The third-order valence-electron chi connectivity index (χ3n) is 4.01. The van der Waals surface area contributed by atoms with Crippen LogP contribution >= 0.6 is 0 Å². The first-order valence-electron chi connectivity index (χ1n) is 8.44. The minimum absolute atomic E-state index is 0.128. The molecular weight excluding hydrogens is 351 g/mol. The fourth-order valence-corrected chi connectivity index (χ4v) is 2.50. The minimum Gasteiger partial charge on any atom is -0.497 e. The summed E-state index contributed by atoms with van der Waals surface area (Å²) in [6, 6.07) is 10.9. The van der Waals surface area contributed by atoms with E-state index in [9.17, 15) is 14.0 Å². The molecule has 0 atom stereocenters. The average molecular weight is 374 g/mol. The van der Waals surface area contributed by atoms with Crippen LogP contribution in [0.3, 0.4) is 0 Å². The number of nitrogens with one attached hydrogen (secondary N) is 1. The molecule has 0 unspecified atom stereocenters. The van der Waals surface area contributed by atoms with Crippen LogP contribution in [-0.4, -0.2) is 44.0 Å². The number of carbonyl (C=O) groups is 2. The molecule has 0 aromatic heterocycles. The number of nitrogens with zero attached hydrogens (tertiary/aromatic N) is 1. The van der Waals surface area contributed by atoms with Gasteiger partial charge in [-0.2, -0.15) is 0 Å². The summed E-state index contributed by atoms with van der Waals surface area (Å²) < 4.78 is 23.3. The van der Waals surface area contributed by atoms with Crippen LogP contribution in [0.5, 0.6) is 11.5 Å². The number of hydrogen-bond acceptors (Lipinski definition) is 4. The molecule has 2 amide bonds. The number of halogens is 1. The lowest BCUT2D eigenvalue weighted by atomic mass is 10.2. The minimum atomic E-state index is -0.325. The smallest absolute Gasteiger partial charge is 0.251 e. The third-order valence-corrected chi connectivity index (χ3v) is 4.01. The van der Waals surface area contributed by atoms with Crippen LogP contribution in [0.4, 0.5) is 4.39 Å². The van der Waals surface area contributed by atoms with Gasteiger partial charge in [-0.05, 0) is 29.8 Å². The highest BCUT2D eigenvalue weighted by Gasteiger charge is 2.12. The molecule has 0 bridgehead atoms. The Morgan fingerprint density at radius 1 is 1.04 bits per heavy atom. The Morgan fingerprint density at radius 3 is 2.15 bits per heavy atom. The maximum atomic E-state index is 13.0. The number of methoxy groups -OCH3 is 2. The van der Waals surface area contributed by atoms with E-state index < -0.39 is 0 Å².